The van der Waals surface area contributed by atoms with Crippen molar-refractivity contribution in [2.45, 2.75) is 31.4 Å². The van der Waals surface area contributed by atoms with Crippen LogP contribution in [0.1, 0.15) is 16.7 Å². The Labute approximate surface area is 178 Å². The topological polar surface area (TPSA) is 65.0 Å². The van der Waals surface area contributed by atoms with E-state index in [-0.39, 0.29) is 5.91 Å². The Morgan fingerprint density at radius 2 is 1.97 bits per heavy atom. The molecule has 29 heavy (non-hydrogen) atoms. The highest BCUT2D eigenvalue weighted by Gasteiger charge is 2.48. The van der Waals surface area contributed by atoms with Crippen LogP contribution in [-0.2, 0) is 17.1 Å². The molecule has 8 heteroatoms. The van der Waals surface area contributed by atoms with E-state index in [9.17, 15) is 9.59 Å². The molecule has 2 heterocycles. The number of aryl methyl sites for hydroxylation is 1. The van der Waals surface area contributed by atoms with Crippen LogP contribution in [0.5, 0.6) is 0 Å². The van der Waals surface area contributed by atoms with Crippen molar-refractivity contribution in [1.29, 1.82) is 0 Å². The average molecular weight is 429 g/mol. The second-order valence-electron chi connectivity index (χ2n) is 7.17. The number of thioether (sulfide) groups is 1. The summed E-state index contributed by atoms with van der Waals surface area (Å²) < 4.78 is 0. The zero-order valence-electron chi connectivity index (χ0n) is 16.1. The summed E-state index contributed by atoms with van der Waals surface area (Å²) in [6, 6.07) is 14.9. The molecule has 1 saturated heterocycles. The normalized spacial score (nSPS) is 21.1. The molecule has 0 bridgehead atoms. The quantitative estimate of drug-likeness (QED) is 0.807. The van der Waals surface area contributed by atoms with Gasteiger partial charge in [-0.05, 0) is 24.1 Å². The zero-order chi connectivity index (χ0) is 20.5. The fourth-order valence-corrected chi connectivity index (χ4v) is 4.74. The standard InChI is InChI=1S/C21H21ClN4O2S/c1-13-6-5-7-14(10-13)12-29-21-23-18-17(19(27)24-20(28)25(18)2)26(21)11-15-8-3-4-9-16(15)22/h3-10,17-18H,11-12H2,1-2H3,(H,24,27,28). The molecular weight excluding hydrogens is 408 g/mol. The molecule has 0 aliphatic carbocycles. The number of carbonyl (C=O) groups excluding carboxylic acids is 2. The minimum absolute atomic E-state index is 0.333. The third-order valence-corrected chi connectivity index (χ3v) is 6.52. The number of rotatable bonds is 4. The highest BCUT2D eigenvalue weighted by atomic mass is 35.5. The highest BCUT2D eigenvalue weighted by molar-refractivity contribution is 8.13. The minimum Gasteiger partial charge on any atom is -0.331 e. The van der Waals surface area contributed by atoms with Crippen molar-refractivity contribution in [3.63, 3.8) is 0 Å². The molecular formula is C21H21ClN4O2S. The molecule has 0 spiro atoms. The Hall–Kier alpha value is -2.51. The van der Waals surface area contributed by atoms with Crippen molar-refractivity contribution in [3.8, 4) is 0 Å². The third kappa shape index (κ3) is 3.97. The van der Waals surface area contributed by atoms with Gasteiger partial charge in [0.1, 0.15) is 0 Å². The van der Waals surface area contributed by atoms with Gasteiger partial charge >= 0.3 is 6.03 Å². The van der Waals surface area contributed by atoms with E-state index in [4.69, 9.17) is 16.6 Å². The molecule has 0 aromatic heterocycles. The molecule has 1 fully saturated rings. The van der Waals surface area contributed by atoms with Gasteiger partial charge < -0.3 is 9.80 Å². The third-order valence-electron chi connectivity index (χ3n) is 5.07. The molecule has 0 radical (unpaired) electrons. The SMILES string of the molecule is Cc1cccc(CSC2=NC3C(C(=O)NC(=O)N3C)N2Cc2ccccc2Cl)c1. The van der Waals surface area contributed by atoms with E-state index in [0.29, 0.717) is 11.6 Å². The number of halogens is 1. The summed E-state index contributed by atoms with van der Waals surface area (Å²) in [5, 5.41) is 3.80. The molecule has 2 atom stereocenters. The fourth-order valence-electron chi connectivity index (χ4n) is 3.55. The van der Waals surface area contributed by atoms with Gasteiger partial charge in [-0.3, -0.25) is 10.1 Å². The van der Waals surface area contributed by atoms with Crippen LogP contribution in [0.4, 0.5) is 4.79 Å². The van der Waals surface area contributed by atoms with Gasteiger partial charge in [0, 0.05) is 24.4 Å². The smallest absolute Gasteiger partial charge is 0.325 e. The van der Waals surface area contributed by atoms with Crippen molar-refractivity contribution in [2.75, 3.05) is 7.05 Å². The number of urea groups is 1. The van der Waals surface area contributed by atoms with Crippen LogP contribution >= 0.6 is 23.4 Å². The lowest BCUT2D eigenvalue weighted by Gasteiger charge is -2.36. The van der Waals surface area contributed by atoms with Crippen molar-refractivity contribution in [2.24, 2.45) is 4.99 Å². The van der Waals surface area contributed by atoms with Gasteiger partial charge in [-0.1, -0.05) is 71.4 Å². The summed E-state index contributed by atoms with van der Waals surface area (Å²) >= 11 is 7.93. The number of imide groups is 1. The summed E-state index contributed by atoms with van der Waals surface area (Å²) in [6.07, 6.45) is -0.543. The van der Waals surface area contributed by atoms with Crippen LogP contribution < -0.4 is 5.32 Å². The van der Waals surface area contributed by atoms with Gasteiger partial charge in [-0.15, -0.1) is 0 Å². The number of fused-ring (bicyclic) bond motifs is 1. The van der Waals surface area contributed by atoms with Gasteiger partial charge in [0.05, 0.1) is 0 Å². The maximum atomic E-state index is 12.7. The van der Waals surface area contributed by atoms with E-state index < -0.39 is 18.2 Å². The van der Waals surface area contributed by atoms with Crippen LogP contribution in [0.2, 0.25) is 5.02 Å². The van der Waals surface area contributed by atoms with E-state index in [2.05, 4.69) is 30.4 Å². The van der Waals surface area contributed by atoms with E-state index in [1.54, 1.807) is 18.8 Å². The molecule has 4 rings (SSSR count). The van der Waals surface area contributed by atoms with Crippen molar-refractivity contribution in [1.82, 2.24) is 15.1 Å². The Bertz CT molecular complexity index is 996. The number of amidine groups is 1. The summed E-state index contributed by atoms with van der Waals surface area (Å²) in [5.41, 5.74) is 3.29. The number of hydrogen-bond donors (Lipinski definition) is 1. The van der Waals surface area contributed by atoms with Gasteiger partial charge in [0.25, 0.3) is 5.91 Å². The molecule has 2 unspecified atom stereocenters. The monoisotopic (exact) mass is 428 g/mol. The molecule has 2 aromatic rings. The van der Waals surface area contributed by atoms with Crippen LogP contribution in [0.25, 0.3) is 0 Å². The maximum Gasteiger partial charge on any atom is 0.325 e. The van der Waals surface area contributed by atoms with Gasteiger partial charge in [0.15, 0.2) is 17.4 Å². The molecule has 0 saturated carbocycles. The number of carbonyl (C=O) groups is 2. The number of benzene rings is 2. The van der Waals surface area contributed by atoms with Gasteiger partial charge in [0.2, 0.25) is 0 Å². The Morgan fingerprint density at radius 3 is 2.72 bits per heavy atom. The van der Waals surface area contributed by atoms with Crippen LogP contribution in [-0.4, -0.2) is 46.2 Å². The number of hydrogen-bond acceptors (Lipinski definition) is 5. The molecule has 3 amide bonds. The number of amides is 3. The van der Waals surface area contributed by atoms with Crippen LogP contribution in [0.15, 0.2) is 53.5 Å². The van der Waals surface area contributed by atoms with Crippen LogP contribution in [0.3, 0.4) is 0 Å². The summed E-state index contributed by atoms with van der Waals surface area (Å²) in [7, 11) is 1.66. The van der Waals surface area contributed by atoms with Gasteiger partial charge in [-0.25, -0.2) is 9.79 Å². The van der Waals surface area contributed by atoms with Crippen molar-refractivity contribution < 1.29 is 9.59 Å². The molecule has 6 nitrogen and oxygen atoms in total. The number of nitrogens with zero attached hydrogens (tertiary/aromatic N) is 3. The zero-order valence-corrected chi connectivity index (χ0v) is 17.7. The van der Waals surface area contributed by atoms with E-state index >= 15 is 0 Å². The first-order valence-corrected chi connectivity index (χ1v) is 10.6. The number of nitrogens with one attached hydrogen (secondary N) is 1. The second kappa shape index (κ2) is 8.08. The predicted octanol–water partition coefficient (Wildman–Crippen LogP) is 3.63. The Morgan fingerprint density at radius 1 is 1.17 bits per heavy atom. The number of aliphatic imine (C=N–C) groups is 1. The molecule has 1 N–H and O–H groups in total. The summed E-state index contributed by atoms with van der Waals surface area (Å²) in [4.78, 5) is 32.9. The lowest BCUT2D eigenvalue weighted by molar-refractivity contribution is -0.127. The lowest BCUT2D eigenvalue weighted by atomic mass is 10.1. The molecule has 2 aliphatic heterocycles. The van der Waals surface area contributed by atoms with Gasteiger partial charge in [-0.2, -0.15) is 0 Å². The largest absolute Gasteiger partial charge is 0.331 e. The minimum atomic E-state index is -0.575. The summed E-state index contributed by atoms with van der Waals surface area (Å²) in [6.45, 7) is 2.50. The lowest BCUT2D eigenvalue weighted by Crippen LogP contribution is -2.63. The first kappa shape index (κ1) is 19.8. The molecule has 2 aliphatic rings. The maximum absolute atomic E-state index is 12.7. The van der Waals surface area contributed by atoms with Crippen LogP contribution in [0, 0.1) is 6.92 Å². The summed E-state index contributed by atoms with van der Waals surface area (Å²) in [5.74, 6) is 0.387. The van der Waals surface area contributed by atoms with E-state index in [0.717, 1.165) is 16.5 Å². The predicted molar refractivity (Wildman–Crippen MR) is 116 cm³/mol. The Balaban J connectivity index is 1.62. The first-order chi connectivity index (χ1) is 13.9. The van der Waals surface area contributed by atoms with Crippen molar-refractivity contribution in [3.05, 3.63) is 70.2 Å². The van der Waals surface area contributed by atoms with Crippen molar-refractivity contribution >= 4 is 40.5 Å². The fraction of sp³-hybridized carbons (Fsp3) is 0.286. The highest BCUT2D eigenvalue weighted by Crippen LogP contribution is 2.32. The second-order valence-corrected chi connectivity index (χ2v) is 8.52. The van der Waals surface area contributed by atoms with E-state index in [1.807, 2.05) is 35.2 Å². The average Bonchev–Trinajstić information content (AvgIpc) is 3.05. The van der Waals surface area contributed by atoms with E-state index in [1.165, 1.54) is 16.0 Å². The first-order valence-electron chi connectivity index (χ1n) is 9.28. The Kier molecular flexibility index (Phi) is 5.52. The molecule has 2 aromatic carbocycles. The number of likely N-dealkylation sites (N-methyl/N-ethyl adjacent to an activating group) is 1. The molecule has 150 valence electrons.